The second-order valence-electron chi connectivity index (χ2n) is 8.09. The van der Waals surface area contributed by atoms with Crippen LogP contribution in [0.25, 0.3) is 0 Å². The van der Waals surface area contributed by atoms with Gasteiger partial charge in [-0.3, -0.25) is 9.69 Å². The molecule has 0 spiro atoms. The van der Waals surface area contributed by atoms with Gasteiger partial charge >= 0.3 is 0 Å². The largest absolute Gasteiger partial charge is 0.352 e. The highest BCUT2D eigenvalue weighted by molar-refractivity contribution is 8.00. The van der Waals surface area contributed by atoms with Gasteiger partial charge in [0.15, 0.2) is 0 Å². The Balaban J connectivity index is 1.42. The van der Waals surface area contributed by atoms with E-state index >= 15 is 0 Å². The van der Waals surface area contributed by atoms with Crippen molar-refractivity contribution in [2.24, 2.45) is 0 Å². The lowest BCUT2D eigenvalue weighted by Gasteiger charge is -2.38. The number of amides is 1. The number of carbonyl (C=O) groups excluding carboxylic acids is 1. The average molecular weight is 392 g/mol. The van der Waals surface area contributed by atoms with Crippen molar-refractivity contribution in [3.8, 4) is 0 Å². The Morgan fingerprint density at radius 1 is 1.19 bits per heavy atom. The first-order valence-electron chi connectivity index (χ1n) is 10.3. The summed E-state index contributed by atoms with van der Waals surface area (Å²) in [6.07, 6.45) is 5.43. The molecule has 1 aromatic carbocycles. The van der Waals surface area contributed by atoms with Gasteiger partial charge in [-0.2, -0.15) is 0 Å². The fraction of sp³-hybridized carbons (Fsp3) is 0.667. The summed E-state index contributed by atoms with van der Waals surface area (Å²) in [5, 5.41) is 3.61. The molecule has 0 radical (unpaired) electrons. The molecule has 27 heavy (non-hydrogen) atoms. The van der Waals surface area contributed by atoms with E-state index in [0.29, 0.717) is 17.3 Å². The molecule has 4 rings (SSSR count). The zero-order valence-electron chi connectivity index (χ0n) is 16.1. The van der Waals surface area contributed by atoms with Gasteiger partial charge in [0.05, 0.1) is 6.04 Å². The van der Waals surface area contributed by atoms with Gasteiger partial charge in [0.25, 0.3) is 0 Å². The van der Waals surface area contributed by atoms with Crippen molar-refractivity contribution in [1.29, 1.82) is 0 Å². The monoisotopic (exact) mass is 391 g/mol. The molecule has 0 unspecified atom stereocenters. The third-order valence-corrected chi connectivity index (χ3v) is 7.34. The van der Waals surface area contributed by atoms with Crippen LogP contribution in [0.1, 0.15) is 39.0 Å². The first kappa shape index (κ1) is 19.2. The van der Waals surface area contributed by atoms with Crippen molar-refractivity contribution in [2.75, 3.05) is 26.2 Å². The number of hydrogen-bond donors (Lipinski definition) is 1. The molecule has 148 valence electrons. The van der Waals surface area contributed by atoms with Crippen LogP contribution in [0, 0.1) is 5.82 Å². The van der Waals surface area contributed by atoms with Crippen LogP contribution in [0.15, 0.2) is 29.2 Å². The van der Waals surface area contributed by atoms with Gasteiger partial charge in [-0.15, -0.1) is 11.8 Å². The van der Waals surface area contributed by atoms with Gasteiger partial charge in [0.1, 0.15) is 5.82 Å². The first-order valence-corrected chi connectivity index (χ1v) is 11.2. The summed E-state index contributed by atoms with van der Waals surface area (Å²) in [7, 11) is 0. The lowest BCUT2D eigenvalue weighted by Crippen LogP contribution is -2.51. The van der Waals surface area contributed by atoms with E-state index < -0.39 is 0 Å². The Bertz CT molecular complexity index is 643. The van der Waals surface area contributed by atoms with Crippen molar-refractivity contribution in [3.05, 3.63) is 30.1 Å². The summed E-state index contributed by atoms with van der Waals surface area (Å²) < 4.78 is 13.2. The SMILES string of the molecule is CCN1CCC(N2C[C@H](Sc3ccc(F)cc3)C[C@H]2C(=O)NC2CC2)CC1. The van der Waals surface area contributed by atoms with E-state index in [1.54, 1.807) is 11.8 Å². The van der Waals surface area contributed by atoms with Crippen molar-refractivity contribution in [2.45, 2.75) is 67.3 Å². The minimum Gasteiger partial charge on any atom is -0.352 e. The third-order valence-electron chi connectivity index (χ3n) is 6.12. The van der Waals surface area contributed by atoms with E-state index in [2.05, 4.69) is 22.0 Å². The Morgan fingerprint density at radius 2 is 1.89 bits per heavy atom. The summed E-state index contributed by atoms with van der Waals surface area (Å²) in [5.74, 6) is 0.0226. The van der Waals surface area contributed by atoms with Gasteiger partial charge in [-0.05, 0) is 76.0 Å². The predicted octanol–water partition coefficient (Wildman–Crippen LogP) is 3.12. The number of benzene rings is 1. The summed E-state index contributed by atoms with van der Waals surface area (Å²) in [4.78, 5) is 19.0. The van der Waals surface area contributed by atoms with Crippen molar-refractivity contribution in [1.82, 2.24) is 15.1 Å². The maximum absolute atomic E-state index is 13.2. The zero-order chi connectivity index (χ0) is 18.8. The number of likely N-dealkylation sites (tertiary alicyclic amines) is 2. The van der Waals surface area contributed by atoms with Crippen LogP contribution < -0.4 is 5.32 Å². The molecule has 2 saturated heterocycles. The fourth-order valence-electron chi connectivity index (χ4n) is 4.37. The third kappa shape index (κ3) is 4.84. The maximum Gasteiger partial charge on any atom is 0.237 e. The van der Waals surface area contributed by atoms with E-state index in [-0.39, 0.29) is 17.8 Å². The molecule has 3 aliphatic rings. The standard InChI is InChI=1S/C21H30FN3OS/c1-2-24-11-9-17(10-12-24)25-14-19(27-18-7-3-15(22)4-8-18)13-20(25)21(26)23-16-5-6-16/h3-4,7-8,16-17,19-20H,2,5-6,9-14H2,1H3,(H,23,26)/t19-,20+/m1/s1. The molecule has 3 fully saturated rings. The van der Waals surface area contributed by atoms with Gasteiger partial charge in [-0.25, -0.2) is 4.39 Å². The highest BCUT2D eigenvalue weighted by Gasteiger charge is 2.42. The molecule has 0 bridgehead atoms. The van der Waals surface area contributed by atoms with E-state index in [1.807, 2.05) is 12.1 Å². The maximum atomic E-state index is 13.2. The number of piperidine rings is 1. The Morgan fingerprint density at radius 3 is 2.52 bits per heavy atom. The van der Waals surface area contributed by atoms with Crippen molar-refractivity contribution in [3.63, 3.8) is 0 Å². The molecule has 1 amide bonds. The molecule has 1 saturated carbocycles. The van der Waals surface area contributed by atoms with Crippen LogP contribution in [-0.2, 0) is 4.79 Å². The number of hydrogen-bond acceptors (Lipinski definition) is 4. The highest BCUT2D eigenvalue weighted by Crippen LogP contribution is 2.36. The molecule has 2 aliphatic heterocycles. The van der Waals surface area contributed by atoms with Crippen LogP contribution >= 0.6 is 11.8 Å². The Hall–Kier alpha value is -1.11. The lowest BCUT2D eigenvalue weighted by molar-refractivity contribution is -0.126. The van der Waals surface area contributed by atoms with Gasteiger partial charge in [0, 0.05) is 28.8 Å². The fourth-order valence-corrected chi connectivity index (χ4v) is 5.57. The van der Waals surface area contributed by atoms with Gasteiger partial charge in [0.2, 0.25) is 5.91 Å². The normalized spacial score (nSPS) is 27.8. The molecular weight excluding hydrogens is 361 g/mol. The molecular formula is C21H30FN3OS. The summed E-state index contributed by atoms with van der Waals surface area (Å²) in [6.45, 7) is 6.54. The van der Waals surface area contributed by atoms with Crippen LogP contribution in [0.5, 0.6) is 0 Å². The minimum absolute atomic E-state index is 0.0123. The second kappa shape index (κ2) is 8.50. The number of halogens is 1. The van der Waals surface area contributed by atoms with Crippen LogP contribution in [0.2, 0.25) is 0 Å². The molecule has 6 heteroatoms. The number of thioether (sulfide) groups is 1. The minimum atomic E-state index is -0.197. The first-order chi connectivity index (χ1) is 13.1. The molecule has 2 heterocycles. The highest BCUT2D eigenvalue weighted by atomic mass is 32.2. The van der Waals surface area contributed by atoms with Crippen LogP contribution in [0.3, 0.4) is 0 Å². The summed E-state index contributed by atoms with van der Waals surface area (Å²) in [6, 6.07) is 7.64. The van der Waals surface area contributed by atoms with E-state index in [4.69, 9.17) is 0 Å². The zero-order valence-corrected chi connectivity index (χ0v) is 16.9. The lowest BCUT2D eigenvalue weighted by atomic mass is 10.0. The molecule has 1 aromatic rings. The Labute approximate surface area is 165 Å². The average Bonchev–Trinajstić information content (AvgIpc) is 3.40. The molecule has 0 aromatic heterocycles. The van der Waals surface area contributed by atoms with E-state index in [1.165, 1.54) is 12.1 Å². The molecule has 1 aliphatic carbocycles. The Kier molecular flexibility index (Phi) is 6.05. The van der Waals surface area contributed by atoms with Crippen molar-refractivity contribution >= 4 is 17.7 Å². The number of carbonyl (C=O) groups is 1. The van der Waals surface area contributed by atoms with E-state index in [0.717, 1.165) is 63.2 Å². The summed E-state index contributed by atoms with van der Waals surface area (Å²) in [5.41, 5.74) is 0. The van der Waals surface area contributed by atoms with Crippen LogP contribution in [-0.4, -0.2) is 65.3 Å². The molecule has 4 nitrogen and oxygen atoms in total. The topological polar surface area (TPSA) is 35.6 Å². The number of nitrogens with zero attached hydrogens (tertiary/aromatic N) is 2. The second-order valence-corrected chi connectivity index (χ2v) is 9.46. The summed E-state index contributed by atoms with van der Waals surface area (Å²) >= 11 is 1.79. The quantitative estimate of drug-likeness (QED) is 0.808. The smallest absolute Gasteiger partial charge is 0.237 e. The predicted molar refractivity (Wildman–Crippen MR) is 107 cm³/mol. The van der Waals surface area contributed by atoms with Gasteiger partial charge < -0.3 is 10.2 Å². The number of nitrogens with one attached hydrogen (secondary N) is 1. The molecule has 1 N–H and O–H groups in total. The van der Waals surface area contributed by atoms with E-state index in [9.17, 15) is 9.18 Å². The van der Waals surface area contributed by atoms with Crippen molar-refractivity contribution < 1.29 is 9.18 Å². The number of rotatable bonds is 6. The molecule has 2 atom stereocenters. The van der Waals surface area contributed by atoms with Crippen LogP contribution in [0.4, 0.5) is 4.39 Å². The van der Waals surface area contributed by atoms with Gasteiger partial charge in [-0.1, -0.05) is 6.92 Å².